The van der Waals surface area contributed by atoms with E-state index in [1.165, 1.54) is 0 Å². The van der Waals surface area contributed by atoms with Crippen LogP contribution in [-0.4, -0.2) is 52.6 Å². The maximum Gasteiger partial charge on any atom is 0.262 e. The first-order chi connectivity index (χ1) is 15.4. The van der Waals surface area contributed by atoms with Gasteiger partial charge >= 0.3 is 0 Å². The van der Waals surface area contributed by atoms with Crippen LogP contribution >= 0.6 is 0 Å². The van der Waals surface area contributed by atoms with Gasteiger partial charge in [0.05, 0.1) is 16.7 Å². The quantitative estimate of drug-likeness (QED) is 0.701. The first-order valence-electron chi connectivity index (χ1n) is 10.8. The molecule has 0 saturated carbocycles. The molecule has 0 bridgehead atoms. The molecule has 2 saturated heterocycles. The Morgan fingerprint density at radius 2 is 1.78 bits per heavy atom. The van der Waals surface area contributed by atoms with Crippen molar-refractivity contribution >= 4 is 23.6 Å². The molecule has 32 heavy (non-hydrogen) atoms. The molecule has 4 amide bonds. The van der Waals surface area contributed by atoms with E-state index in [0.717, 1.165) is 29.0 Å². The SMILES string of the molecule is NC1(c2ccccc2)CCN(Cc2cccc3c2C(=O)N(C2CCC(=O)NC2=O)C3=O)C1. The van der Waals surface area contributed by atoms with Gasteiger partial charge in [0.2, 0.25) is 11.8 Å². The minimum Gasteiger partial charge on any atom is -0.320 e. The molecule has 0 radical (unpaired) electrons. The van der Waals surface area contributed by atoms with E-state index in [4.69, 9.17) is 5.73 Å². The number of nitrogens with zero attached hydrogens (tertiary/aromatic N) is 2. The number of piperidine rings is 1. The first-order valence-corrected chi connectivity index (χ1v) is 10.8. The van der Waals surface area contributed by atoms with Crippen LogP contribution in [0.5, 0.6) is 0 Å². The Kier molecular flexibility index (Phi) is 4.91. The first kappa shape index (κ1) is 20.5. The van der Waals surface area contributed by atoms with Gasteiger partial charge in [-0.3, -0.25) is 34.3 Å². The smallest absolute Gasteiger partial charge is 0.262 e. The van der Waals surface area contributed by atoms with Crippen LogP contribution in [0.15, 0.2) is 48.5 Å². The average molecular weight is 432 g/mol. The summed E-state index contributed by atoms with van der Waals surface area (Å²) in [6, 6.07) is 14.2. The van der Waals surface area contributed by atoms with Crippen molar-refractivity contribution in [2.24, 2.45) is 5.73 Å². The van der Waals surface area contributed by atoms with Crippen LogP contribution in [0.4, 0.5) is 0 Å². The Morgan fingerprint density at radius 1 is 1.00 bits per heavy atom. The largest absolute Gasteiger partial charge is 0.320 e. The molecule has 8 nitrogen and oxygen atoms in total. The molecular weight excluding hydrogens is 408 g/mol. The third-order valence-corrected chi connectivity index (χ3v) is 6.68. The normalized spacial score (nSPS) is 25.9. The van der Waals surface area contributed by atoms with Crippen LogP contribution in [0.1, 0.15) is 51.1 Å². The summed E-state index contributed by atoms with van der Waals surface area (Å²) < 4.78 is 0. The maximum absolute atomic E-state index is 13.3. The van der Waals surface area contributed by atoms with E-state index in [9.17, 15) is 19.2 Å². The fraction of sp³-hybridized carbons (Fsp3) is 0.333. The monoisotopic (exact) mass is 432 g/mol. The van der Waals surface area contributed by atoms with Crippen LogP contribution in [0.3, 0.4) is 0 Å². The van der Waals surface area contributed by atoms with E-state index in [1.807, 2.05) is 36.4 Å². The lowest BCUT2D eigenvalue weighted by Gasteiger charge is -2.28. The van der Waals surface area contributed by atoms with E-state index in [-0.39, 0.29) is 18.7 Å². The summed E-state index contributed by atoms with van der Waals surface area (Å²) in [5.41, 5.74) is 8.70. The van der Waals surface area contributed by atoms with Crippen LogP contribution in [-0.2, 0) is 21.7 Å². The van der Waals surface area contributed by atoms with Gasteiger partial charge in [-0.1, -0.05) is 42.5 Å². The minimum absolute atomic E-state index is 0.0997. The zero-order chi connectivity index (χ0) is 22.5. The zero-order valence-corrected chi connectivity index (χ0v) is 17.5. The molecule has 5 rings (SSSR count). The molecule has 2 aromatic rings. The molecule has 0 spiro atoms. The molecule has 8 heteroatoms. The van der Waals surface area contributed by atoms with E-state index < -0.39 is 29.3 Å². The van der Waals surface area contributed by atoms with Gasteiger partial charge in [-0.15, -0.1) is 0 Å². The number of likely N-dealkylation sites (tertiary alicyclic amines) is 1. The second kappa shape index (κ2) is 7.65. The number of nitrogens with two attached hydrogens (primary N) is 1. The summed E-state index contributed by atoms with van der Waals surface area (Å²) in [5, 5.41) is 2.23. The maximum atomic E-state index is 13.3. The number of amides is 4. The van der Waals surface area contributed by atoms with Gasteiger partial charge in [0.15, 0.2) is 0 Å². The molecule has 2 aromatic carbocycles. The molecule has 3 aliphatic heterocycles. The third-order valence-electron chi connectivity index (χ3n) is 6.68. The second-order valence-electron chi connectivity index (χ2n) is 8.77. The summed E-state index contributed by atoms with van der Waals surface area (Å²) in [6.45, 7) is 1.89. The number of fused-ring (bicyclic) bond motifs is 1. The average Bonchev–Trinajstić information content (AvgIpc) is 3.28. The Bertz CT molecular complexity index is 1130. The van der Waals surface area contributed by atoms with Crippen molar-refractivity contribution in [3.05, 3.63) is 70.8 Å². The second-order valence-corrected chi connectivity index (χ2v) is 8.77. The Labute approximate surface area is 185 Å². The Hall–Kier alpha value is -3.36. The van der Waals surface area contributed by atoms with E-state index >= 15 is 0 Å². The lowest BCUT2D eigenvalue weighted by Crippen LogP contribution is -2.54. The van der Waals surface area contributed by atoms with Crippen LogP contribution < -0.4 is 11.1 Å². The van der Waals surface area contributed by atoms with Gasteiger partial charge < -0.3 is 5.73 Å². The van der Waals surface area contributed by atoms with Crippen molar-refractivity contribution in [3.8, 4) is 0 Å². The van der Waals surface area contributed by atoms with Crippen molar-refractivity contribution in [1.29, 1.82) is 0 Å². The molecule has 3 N–H and O–H groups in total. The number of hydrogen-bond acceptors (Lipinski definition) is 6. The van der Waals surface area contributed by atoms with Gasteiger partial charge in [-0.05, 0) is 30.0 Å². The molecule has 164 valence electrons. The molecule has 3 heterocycles. The van der Waals surface area contributed by atoms with Crippen LogP contribution in [0, 0.1) is 0 Å². The van der Waals surface area contributed by atoms with Crippen LogP contribution in [0.25, 0.3) is 0 Å². The fourth-order valence-electron chi connectivity index (χ4n) is 5.01. The predicted molar refractivity (Wildman–Crippen MR) is 115 cm³/mol. The number of nitrogens with one attached hydrogen (secondary N) is 1. The molecule has 2 atom stereocenters. The van der Waals surface area contributed by atoms with Crippen molar-refractivity contribution < 1.29 is 19.2 Å². The van der Waals surface area contributed by atoms with Crippen molar-refractivity contribution in [2.75, 3.05) is 13.1 Å². The predicted octanol–water partition coefficient (Wildman–Crippen LogP) is 1.15. The van der Waals surface area contributed by atoms with Crippen molar-refractivity contribution in [1.82, 2.24) is 15.1 Å². The number of carbonyl (C=O) groups is 4. The van der Waals surface area contributed by atoms with E-state index in [2.05, 4.69) is 10.2 Å². The highest BCUT2D eigenvalue weighted by Crippen LogP contribution is 2.33. The highest BCUT2D eigenvalue weighted by Gasteiger charge is 2.46. The number of hydrogen-bond donors (Lipinski definition) is 2. The van der Waals surface area contributed by atoms with Crippen molar-refractivity contribution in [3.63, 3.8) is 0 Å². The topological polar surface area (TPSA) is 113 Å². The van der Waals surface area contributed by atoms with Crippen molar-refractivity contribution in [2.45, 2.75) is 37.4 Å². The summed E-state index contributed by atoms with van der Waals surface area (Å²) in [6.07, 6.45) is 1.04. The molecule has 3 aliphatic rings. The van der Waals surface area contributed by atoms with Gasteiger partial charge in [-0.25, -0.2) is 0 Å². The number of benzene rings is 2. The number of rotatable bonds is 4. The van der Waals surface area contributed by atoms with Gasteiger partial charge in [0.1, 0.15) is 6.04 Å². The zero-order valence-electron chi connectivity index (χ0n) is 17.5. The molecule has 0 aliphatic carbocycles. The fourth-order valence-corrected chi connectivity index (χ4v) is 5.01. The summed E-state index contributed by atoms with van der Waals surface area (Å²) in [7, 11) is 0. The van der Waals surface area contributed by atoms with Crippen LogP contribution in [0.2, 0.25) is 0 Å². The van der Waals surface area contributed by atoms with Gasteiger partial charge in [0, 0.05) is 26.1 Å². The highest BCUT2D eigenvalue weighted by atomic mass is 16.2. The highest BCUT2D eigenvalue weighted by molar-refractivity contribution is 6.24. The standard InChI is InChI=1S/C24H24N4O4/c25-24(16-6-2-1-3-7-16)11-12-27(14-24)13-15-5-4-8-17-20(15)23(32)28(22(17)31)18-9-10-19(29)26-21(18)30/h1-8,18H,9-14,25H2,(H,26,29,30). The lowest BCUT2D eigenvalue weighted by molar-refractivity contribution is -0.136. The third kappa shape index (κ3) is 3.32. The van der Waals surface area contributed by atoms with E-state index in [0.29, 0.717) is 24.2 Å². The summed E-state index contributed by atoms with van der Waals surface area (Å²) >= 11 is 0. The minimum atomic E-state index is -0.963. The lowest BCUT2D eigenvalue weighted by atomic mass is 9.90. The summed E-state index contributed by atoms with van der Waals surface area (Å²) in [4.78, 5) is 53.3. The Morgan fingerprint density at radius 3 is 2.53 bits per heavy atom. The molecule has 0 aromatic heterocycles. The molecular formula is C24H24N4O4. The summed E-state index contributed by atoms with van der Waals surface area (Å²) in [5.74, 6) is -1.95. The Balaban J connectivity index is 1.38. The number of imide groups is 2. The molecule has 2 unspecified atom stereocenters. The number of carbonyl (C=O) groups excluding carboxylic acids is 4. The van der Waals surface area contributed by atoms with Gasteiger partial charge in [0.25, 0.3) is 11.8 Å². The molecule has 2 fully saturated rings. The van der Waals surface area contributed by atoms with E-state index in [1.54, 1.807) is 12.1 Å². The van der Waals surface area contributed by atoms with Gasteiger partial charge in [-0.2, -0.15) is 0 Å².